The normalized spacial score (nSPS) is 14.3. The summed E-state index contributed by atoms with van der Waals surface area (Å²) < 4.78 is 53.3. The molecule has 0 aliphatic carbocycles. The Morgan fingerprint density at radius 3 is 1.72 bits per heavy atom. The molecule has 1 saturated heterocycles. The quantitative estimate of drug-likeness (QED) is 0.0725. The molecule has 0 radical (unpaired) electrons. The van der Waals surface area contributed by atoms with Crippen molar-refractivity contribution in [3.8, 4) is 11.1 Å². The van der Waals surface area contributed by atoms with E-state index in [0.29, 0.717) is 66.1 Å². The molecule has 1 aromatic heterocycles. The van der Waals surface area contributed by atoms with Crippen LogP contribution < -0.4 is 30.5 Å². The molecule has 57 heavy (non-hydrogen) atoms. The number of rotatable bonds is 14. The zero-order valence-electron chi connectivity index (χ0n) is 31.9. The number of para-hydroxylation sites is 1. The summed E-state index contributed by atoms with van der Waals surface area (Å²) in [7, 11) is -4.44. The molecule has 15 nitrogen and oxygen atoms in total. The maximum Gasteiger partial charge on any atom is 0.243 e. The molecule has 4 aromatic carbocycles. The van der Waals surface area contributed by atoms with E-state index in [2.05, 4.69) is 40.7 Å². The van der Waals surface area contributed by atoms with Gasteiger partial charge in [0.15, 0.2) is 5.82 Å². The van der Waals surface area contributed by atoms with E-state index >= 15 is 0 Å². The first-order valence-electron chi connectivity index (χ1n) is 18.2. The van der Waals surface area contributed by atoms with Crippen molar-refractivity contribution in [1.29, 1.82) is 0 Å². The van der Waals surface area contributed by atoms with E-state index in [1.807, 2.05) is 67.6 Å². The van der Waals surface area contributed by atoms with Crippen LogP contribution >= 0.6 is 0 Å². The van der Waals surface area contributed by atoms with E-state index in [-0.39, 0.29) is 21.6 Å². The number of anilines is 4. The number of hydrogen-bond acceptors (Lipinski definition) is 12. The highest BCUT2D eigenvalue weighted by atomic mass is 32.2. The number of benzene rings is 4. The summed E-state index contributed by atoms with van der Waals surface area (Å²) in [4.78, 5) is 25.7. The van der Waals surface area contributed by atoms with Crippen molar-refractivity contribution in [3.05, 3.63) is 120 Å². The van der Waals surface area contributed by atoms with Gasteiger partial charge in [-0.25, -0.2) is 31.7 Å². The molecule has 0 atom stereocenters. The third-order valence-electron chi connectivity index (χ3n) is 9.51. The molecule has 0 spiro atoms. The summed E-state index contributed by atoms with van der Waals surface area (Å²) in [5, 5.41) is 12.3. The van der Waals surface area contributed by atoms with Crippen LogP contribution in [-0.4, -0.2) is 71.3 Å². The van der Waals surface area contributed by atoms with Crippen LogP contribution in [0.3, 0.4) is 0 Å². The molecule has 5 aromatic rings. The Morgan fingerprint density at radius 2 is 1.19 bits per heavy atom. The van der Waals surface area contributed by atoms with Crippen molar-refractivity contribution in [3.63, 3.8) is 0 Å². The molecule has 1 aliphatic rings. The molecule has 17 heteroatoms. The third kappa shape index (κ3) is 9.87. The van der Waals surface area contributed by atoms with Crippen LogP contribution in [0.15, 0.2) is 129 Å². The minimum absolute atomic E-state index is 0.137. The molecule has 0 saturated carbocycles. The summed E-state index contributed by atoms with van der Waals surface area (Å²) in [5.74, 6) is 0.936. The van der Waals surface area contributed by atoms with Crippen LogP contribution in [0.2, 0.25) is 0 Å². The minimum Gasteiger partial charge on any atom is -0.356 e. The van der Waals surface area contributed by atoms with Gasteiger partial charge in [-0.1, -0.05) is 72.8 Å². The molecule has 1 fully saturated rings. The van der Waals surface area contributed by atoms with Gasteiger partial charge in [0.25, 0.3) is 0 Å². The minimum atomic E-state index is -3.59. The van der Waals surface area contributed by atoms with Crippen LogP contribution in [0.1, 0.15) is 37.8 Å². The smallest absolute Gasteiger partial charge is 0.243 e. The molecule has 1 aliphatic heterocycles. The molecule has 296 valence electrons. The van der Waals surface area contributed by atoms with Gasteiger partial charge >= 0.3 is 0 Å². The number of carbonyl (C=O) groups excluding carboxylic acids is 1. The monoisotopic (exact) mass is 808 g/mol. The van der Waals surface area contributed by atoms with Gasteiger partial charge in [-0.15, -0.1) is 0 Å². The number of carbonyl (C=O) groups is 1. The van der Waals surface area contributed by atoms with E-state index in [1.165, 1.54) is 38.4 Å². The second-order valence-corrected chi connectivity index (χ2v) is 16.9. The van der Waals surface area contributed by atoms with Gasteiger partial charge in [0, 0.05) is 24.7 Å². The lowest BCUT2D eigenvalue weighted by Crippen LogP contribution is -2.40. The zero-order valence-corrected chi connectivity index (χ0v) is 33.5. The van der Waals surface area contributed by atoms with E-state index in [4.69, 9.17) is 9.97 Å². The molecule has 2 heterocycles. The summed E-state index contributed by atoms with van der Waals surface area (Å²) in [5.41, 5.74) is 10.8. The van der Waals surface area contributed by atoms with E-state index in [1.54, 1.807) is 31.2 Å². The Labute approximate surface area is 332 Å². The van der Waals surface area contributed by atoms with Crippen LogP contribution in [-0.2, 0) is 24.8 Å². The number of aromatic nitrogens is 2. The number of nitrogens with one attached hydrogen (secondary N) is 5. The first kappa shape index (κ1) is 40.6. The lowest BCUT2D eigenvalue weighted by molar-refractivity contribution is -0.125. The van der Waals surface area contributed by atoms with E-state index < -0.39 is 20.0 Å². The largest absolute Gasteiger partial charge is 0.356 e. The summed E-state index contributed by atoms with van der Waals surface area (Å²) in [6, 6.07) is 32.0. The lowest BCUT2D eigenvalue weighted by Gasteiger charge is -2.33. The SMILES string of the molecule is CNS(=O)(=O)c1ccc(C(C)=NNC(=O)C2CCN(c3nc(Nc4ccccc4)nc(NN=C(C)c4ccc(S(=O)(=O)NC)cc4)c3-c3ccccc3)CC2)cc1. The summed E-state index contributed by atoms with van der Waals surface area (Å²) in [6.07, 6.45) is 1.08. The van der Waals surface area contributed by atoms with Gasteiger partial charge in [0.2, 0.25) is 31.9 Å². The van der Waals surface area contributed by atoms with Crippen molar-refractivity contribution < 1.29 is 21.6 Å². The second kappa shape index (κ2) is 17.8. The molecule has 0 unspecified atom stereocenters. The summed E-state index contributed by atoms with van der Waals surface area (Å²) >= 11 is 0. The Kier molecular flexibility index (Phi) is 12.7. The Morgan fingerprint density at radius 1 is 0.684 bits per heavy atom. The van der Waals surface area contributed by atoms with Crippen LogP contribution in [0.4, 0.5) is 23.3 Å². The molecule has 1 amide bonds. The first-order chi connectivity index (χ1) is 27.4. The zero-order chi connectivity index (χ0) is 40.6. The Hall–Kier alpha value is -6.01. The number of hydrazone groups is 2. The molecular weight excluding hydrogens is 765 g/mol. The average molecular weight is 809 g/mol. The fourth-order valence-electron chi connectivity index (χ4n) is 6.17. The van der Waals surface area contributed by atoms with Crippen molar-refractivity contribution in [2.24, 2.45) is 16.1 Å². The number of nitrogens with zero attached hydrogens (tertiary/aromatic N) is 5. The summed E-state index contributed by atoms with van der Waals surface area (Å²) in [6.45, 7) is 4.61. The topological polar surface area (TPSA) is 199 Å². The molecular formula is C40H44N10O5S2. The van der Waals surface area contributed by atoms with Crippen LogP contribution in [0.5, 0.6) is 0 Å². The average Bonchev–Trinajstić information content (AvgIpc) is 3.25. The Balaban J connectivity index is 1.26. The molecule has 5 N–H and O–H groups in total. The number of sulfonamides is 2. The van der Waals surface area contributed by atoms with E-state index in [9.17, 15) is 21.6 Å². The number of piperidine rings is 1. The maximum atomic E-state index is 13.3. The highest BCUT2D eigenvalue weighted by Crippen LogP contribution is 2.38. The van der Waals surface area contributed by atoms with Crippen LogP contribution in [0.25, 0.3) is 11.1 Å². The van der Waals surface area contributed by atoms with E-state index in [0.717, 1.165) is 16.8 Å². The van der Waals surface area contributed by atoms with Gasteiger partial charge in [-0.05, 0) is 93.9 Å². The van der Waals surface area contributed by atoms with Gasteiger partial charge in [-0.3, -0.25) is 10.2 Å². The maximum absolute atomic E-state index is 13.3. The highest BCUT2D eigenvalue weighted by Gasteiger charge is 2.29. The van der Waals surface area contributed by atoms with Gasteiger partial charge < -0.3 is 10.2 Å². The van der Waals surface area contributed by atoms with Crippen molar-refractivity contribution >= 4 is 60.6 Å². The van der Waals surface area contributed by atoms with Gasteiger partial charge in [0.1, 0.15) is 5.82 Å². The Bertz CT molecular complexity index is 2470. The van der Waals surface area contributed by atoms with Crippen molar-refractivity contribution in [1.82, 2.24) is 24.8 Å². The molecule has 6 rings (SSSR count). The fourth-order valence-corrected chi connectivity index (χ4v) is 7.63. The number of amides is 1. The van der Waals surface area contributed by atoms with Crippen molar-refractivity contribution in [2.75, 3.05) is 42.8 Å². The fraction of sp³-hybridized carbons (Fsp3) is 0.225. The second-order valence-electron chi connectivity index (χ2n) is 13.2. The van der Waals surface area contributed by atoms with Crippen LogP contribution in [0, 0.1) is 5.92 Å². The van der Waals surface area contributed by atoms with Gasteiger partial charge in [-0.2, -0.15) is 20.2 Å². The van der Waals surface area contributed by atoms with Gasteiger partial charge in [0.05, 0.1) is 26.8 Å². The predicted molar refractivity (Wildman–Crippen MR) is 224 cm³/mol. The lowest BCUT2D eigenvalue weighted by atomic mass is 9.95. The number of hydrogen-bond donors (Lipinski definition) is 5. The highest BCUT2D eigenvalue weighted by molar-refractivity contribution is 7.89. The predicted octanol–water partition coefficient (Wildman–Crippen LogP) is 5.30. The standard InChI is InChI=1S/C40H44N10O5S2/c1-27(29-15-19-34(20-16-29)56(52,53)41-3)46-48-37-36(31-11-7-5-8-12-31)38(45-40(44-37)43-33-13-9-6-10-14-33)50-25-23-32(24-26-50)39(51)49-47-28(2)30-17-21-35(22-18-30)57(54,55)42-4/h5-22,32,41-42H,23-26H2,1-4H3,(H,49,51)(H2,43,44,45,48). The molecule has 0 bridgehead atoms. The van der Waals surface area contributed by atoms with Crippen molar-refractivity contribution in [2.45, 2.75) is 36.5 Å². The first-order valence-corrected chi connectivity index (χ1v) is 21.1. The third-order valence-corrected chi connectivity index (χ3v) is 12.4.